The third-order valence-electron chi connectivity index (χ3n) is 5.63. The Balaban J connectivity index is 1.66. The number of aromatic nitrogens is 1. The van der Waals surface area contributed by atoms with Crippen molar-refractivity contribution >= 4 is 21.7 Å². The van der Waals surface area contributed by atoms with Crippen LogP contribution in [0.5, 0.6) is 0 Å². The van der Waals surface area contributed by atoms with E-state index in [2.05, 4.69) is 9.71 Å². The third kappa shape index (κ3) is 5.84. The van der Waals surface area contributed by atoms with Crippen molar-refractivity contribution in [2.45, 2.75) is 31.9 Å². The van der Waals surface area contributed by atoms with Gasteiger partial charge in [-0.1, -0.05) is 0 Å². The maximum Gasteiger partial charge on any atom is 0.419 e. The lowest BCUT2D eigenvalue weighted by atomic mass is 9.93. The molecule has 3 heterocycles. The number of likely N-dealkylation sites (tertiary alicyclic amines) is 1. The van der Waals surface area contributed by atoms with Gasteiger partial charge in [0.1, 0.15) is 5.82 Å². The van der Waals surface area contributed by atoms with Crippen molar-refractivity contribution in [3.63, 3.8) is 0 Å². The van der Waals surface area contributed by atoms with Gasteiger partial charge in [-0.15, -0.1) is 0 Å². The predicted octanol–water partition coefficient (Wildman–Crippen LogP) is 2.10. The van der Waals surface area contributed by atoms with Crippen molar-refractivity contribution in [3.8, 4) is 0 Å². The van der Waals surface area contributed by atoms with Gasteiger partial charge < -0.3 is 9.80 Å². The van der Waals surface area contributed by atoms with E-state index < -0.39 is 27.7 Å². The number of pyridine rings is 1. The molecule has 2 saturated heterocycles. The van der Waals surface area contributed by atoms with Gasteiger partial charge in [0, 0.05) is 38.9 Å². The summed E-state index contributed by atoms with van der Waals surface area (Å²) in [5.74, 6) is -0.571. The Morgan fingerprint density at radius 1 is 1.23 bits per heavy atom. The van der Waals surface area contributed by atoms with E-state index in [0.29, 0.717) is 32.5 Å². The molecule has 1 aromatic rings. The van der Waals surface area contributed by atoms with Crippen LogP contribution < -0.4 is 9.62 Å². The van der Waals surface area contributed by atoms with Crippen LogP contribution in [0.1, 0.15) is 31.2 Å². The smallest absolute Gasteiger partial charge is 0.355 e. The van der Waals surface area contributed by atoms with E-state index in [1.807, 2.05) is 0 Å². The van der Waals surface area contributed by atoms with Crippen molar-refractivity contribution in [1.82, 2.24) is 14.6 Å². The number of halogens is 3. The summed E-state index contributed by atoms with van der Waals surface area (Å²) in [6.07, 6.45) is 0.752. The molecule has 11 heteroatoms. The van der Waals surface area contributed by atoms with Gasteiger partial charge in [-0.3, -0.25) is 4.79 Å². The van der Waals surface area contributed by atoms with Crippen molar-refractivity contribution in [2.24, 2.45) is 11.8 Å². The zero-order valence-corrected chi connectivity index (χ0v) is 17.7. The van der Waals surface area contributed by atoms with Crippen molar-refractivity contribution < 1.29 is 26.4 Å². The molecule has 30 heavy (non-hydrogen) atoms. The van der Waals surface area contributed by atoms with Crippen molar-refractivity contribution in [1.29, 1.82) is 0 Å². The molecule has 2 aliphatic rings. The molecule has 0 bridgehead atoms. The summed E-state index contributed by atoms with van der Waals surface area (Å²) in [7, 11) is -3.29. The first-order valence-corrected chi connectivity index (χ1v) is 11.9. The number of sulfonamides is 1. The van der Waals surface area contributed by atoms with Crippen LogP contribution >= 0.6 is 0 Å². The van der Waals surface area contributed by atoms with E-state index in [0.717, 1.165) is 25.2 Å². The lowest BCUT2D eigenvalue weighted by Gasteiger charge is -2.39. The fraction of sp³-hybridized carbons (Fsp3) is 0.684. The molecule has 1 N–H and O–H groups in total. The number of carbonyl (C=O) groups excluding carboxylic acids is 1. The standard InChI is InChI=1S/C19H27F3N4O3S/c1-30(28,29)24-11-14-5-3-10-26(12-14)18(27)15-6-4-9-25(13-15)17-16(19(20,21)22)7-2-8-23-17/h2,7-8,14-15,24H,3-6,9-13H2,1H3. The van der Waals surface area contributed by atoms with Crippen molar-refractivity contribution in [3.05, 3.63) is 23.9 Å². The van der Waals surface area contributed by atoms with E-state index in [4.69, 9.17) is 0 Å². The molecule has 168 valence electrons. The van der Waals surface area contributed by atoms with Crippen LogP contribution in [-0.2, 0) is 21.0 Å². The quantitative estimate of drug-likeness (QED) is 0.746. The summed E-state index contributed by atoms with van der Waals surface area (Å²) in [6.45, 7) is 1.94. The molecule has 3 rings (SSSR count). The normalized spacial score (nSPS) is 23.5. The average molecular weight is 449 g/mol. The Labute approximate surface area is 174 Å². The maximum atomic E-state index is 13.4. The van der Waals surface area contributed by atoms with Crippen LogP contribution in [0.25, 0.3) is 0 Å². The molecule has 7 nitrogen and oxygen atoms in total. The summed E-state index contributed by atoms with van der Waals surface area (Å²) >= 11 is 0. The molecule has 0 aliphatic carbocycles. The van der Waals surface area contributed by atoms with Gasteiger partial charge in [0.15, 0.2) is 0 Å². The highest BCUT2D eigenvalue weighted by Crippen LogP contribution is 2.36. The Morgan fingerprint density at radius 3 is 2.67 bits per heavy atom. The topological polar surface area (TPSA) is 82.6 Å². The molecule has 0 spiro atoms. The number of alkyl halides is 3. The first-order chi connectivity index (χ1) is 14.0. The van der Waals surface area contributed by atoms with Crippen LogP contribution in [0.3, 0.4) is 0 Å². The average Bonchev–Trinajstić information content (AvgIpc) is 2.71. The second kappa shape index (κ2) is 9.09. The van der Waals surface area contributed by atoms with Crippen LogP contribution in [-0.4, -0.2) is 63.2 Å². The van der Waals surface area contributed by atoms with Crippen LogP contribution in [0, 0.1) is 11.8 Å². The third-order valence-corrected chi connectivity index (χ3v) is 6.32. The number of hydrogen-bond acceptors (Lipinski definition) is 5. The minimum absolute atomic E-state index is 0.0322. The van der Waals surface area contributed by atoms with E-state index in [9.17, 15) is 26.4 Å². The van der Waals surface area contributed by atoms with Gasteiger partial charge in [-0.25, -0.2) is 18.1 Å². The second-order valence-electron chi connectivity index (χ2n) is 8.07. The SMILES string of the molecule is CS(=O)(=O)NCC1CCCN(C(=O)C2CCCN(c3ncccc3C(F)(F)F)C2)C1. The van der Waals surface area contributed by atoms with Gasteiger partial charge in [0.2, 0.25) is 15.9 Å². The molecule has 2 unspecified atom stereocenters. The number of amides is 1. The van der Waals surface area contributed by atoms with Gasteiger partial charge in [0.25, 0.3) is 0 Å². The highest BCUT2D eigenvalue weighted by molar-refractivity contribution is 7.88. The van der Waals surface area contributed by atoms with Crippen LogP contribution in [0.15, 0.2) is 18.3 Å². The summed E-state index contributed by atoms with van der Waals surface area (Å²) in [6, 6.07) is 2.27. The first-order valence-electron chi connectivity index (χ1n) is 10.0. The number of carbonyl (C=O) groups is 1. The first kappa shape index (κ1) is 22.8. The number of anilines is 1. The zero-order valence-electron chi connectivity index (χ0n) is 16.9. The highest BCUT2D eigenvalue weighted by Gasteiger charge is 2.38. The maximum absolute atomic E-state index is 13.4. The molecule has 0 radical (unpaired) electrons. The fourth-order valence-corrected chi connectivity index (χ4v) is 4.74. The van der Waals surface area contributed by atoms with E-state index in [-0.39, 0.29) is 30.7 Å². The van der Waals surface area contributed by atoms with Gasteiger partial charge in [-0.2, -0.15) is 13.2 Å². The van der Waals surface area contributed by atoms with Gasteiger partial charge in [-0.05, 0) is 43.7 Å². The molecular weight excluding hydrogens is 421 g/mol. The molecule has 1 aromatic heterocycles. The number of hydrogen-bond donors (Lipinski definition) is 1. The monoisotopic (exact) mass is 448 g/mol. The minimum Gasteiger partial charge on any atom is -0.355 e. The fourth-order valence-electron chi connectivity index (χ4n) is 4.20. The molecule has 2 fully saturated rings. The Bertz CT molecular complexity index is 863. The Kier molecular flexibility index (Phi) is 6.91. The van der Waals surface area contributed by atoms with E-state index >= 15 is 0 Å². The number of nitrogens with zero attached hydrogens (tertiary/aromatic N) is 3. The Morgan fingerprint density at radius 2 is 1.97 bits per heavy atom. The lowest BCUT2D eigenvalue weighted by molar-refractivity contribution is -0.137. The number of rotatable bonds is 5. The molecule has 0 aromatic carbocycles. The van der Waals surface area contributed by atoms with Crippen LogP contribution in [0.4, 0.5) is 19.0 Å². The summed E-state index contributed by atoms with van der Waals surface area (Å²) in [4.78, 5) is 20.3. The largest absolute Gasteiger partial charge is 0.419 e. The summed E-state index contributed by atoms with van der Waals surface area (Å²) < 4.78 is 65.2. The number of nitrogens with one attached hydrogen (secondary N) is 1. The van der Waals surface area contributed by atoms with Gasteiger partial charge in [0.05, 0.1) is 17.7 Å². The predicted molar refractivity (Wildman–Crippen MR) is 106 cm³/mol. The second-order valence-corrected chi connectivity index (χ2v) is 9.90. The number of piperidine rings is 2. The summed E-state index contributed by atoms with van der Waals surface area (Å²) in [5.41, 5.74) is -0.789. The minimum atomic E-state index is -4.51. The summed E-state index contributed by atoms with van der Waals surface area (Å²) in [5, 5.41) is 0. The van der Waals surface area contributed by atoms with Gasteiger partial charge >= 0.3 is 6.18 Å². The molecule has 2 aliphatic heterocycles. The molecule has 1 amide bonds. The zero-order chi connectivity index (χ0) is 21.9. The van der Waals surface area contributed by atoms with E-state index in [1.54, 1.807) is 9.80 Å². The highest BCUT2D eigenvalue weighted by atomic mass is 32.2. The van der Waals surface area contributed by atoms with Crippen LogP contribution in [0.2, 0.25) is 0 Å². The molecule has 0 saturated carbocycles. The van der Waals surface area contributed by atoms with Crippen molar-refractivity contribution in [2.75, 3.05) is 43.9 Å². The molecular formula is C19H27F3N4O3S. The lowest BCUT2D eigenvalue weighted by Crippen LogP contribution is -2.49. The Hall–Kier alpha value is -1.88. The molecule has 2 atom stereocenters. The van der Waals surface area contributed by atoms with E-state index in [1.165, 1.54) is 12.3 Å².